The van der Waals surface area contributed by atoms with Gasteiger partial charge in [0.05, 0.1) is 6.10 Å². The maximum atomic E-state index is 9.18. The molecule has 3 nitrogen and oxygen atoms in total. The third kappa shape index (κ3) is 5.50. The summed E-state index contributed by atoms with van der Waals surface area (Å²) < 4.78 is 0. The lowest BCUT2D eigenvalue weighted by Gasteiger charge is -2.33. The molecule has 1 saturated heterocycles. The molecule has 90 valence electrons. The van der Waals surface area contributed by atoms with Gasteiger partial charge in [-0.15, -0.1) is 0 Å². The van der Waals surface area contributed by atoms with Gasteiger partial charge in [0.1, 0.15) is 0 Å². The number of aliphatic hydroxyl groups excluding tert-OH is 1. The van der Waals surface area contributed by atoms with Gasteiger partial charge >= 0.3 is 0 Å². The zero-order valence-corrected chi connectivity index (χ0v) is 10.4. The molecule has 1 rings (SSSR count). The SMILES string of the molecule is CC(C)CN1CCC(NCC(C)O)CC1. The summed E-state index contributed by atoms with van der Waals surface area (Å²) in [6.07, 6.45) is 2.22. The fourth-order valence-electron chi connectivity index (χ4n) is 2.17. The van der Waals surface area contributed by atoms with Crippen LogP contribution in [0, 0.1) is 5.92 Å². The normalized spacial score (nSPS) is 22.2. The van der Waals surface area contributed by atoms with Crippen LogP contribution in [0.2, 0.25) is 0 Å². The Bertz CT molecular complexity index is 163. The van der Waals surface area contributed by atoms with Crippen molar-refractivity contribution >= 4 is 0 Å². The van der Waals surface area contributed by atoms with E-state index in [1.165, 1.54) is 32.5 Å². The molecule has 1 unspecified atom stereocenters. The summed E-state index contributed by atoms with van der Waals surface area (Å²) in [5, 5.41) is 12.6. The van der Waals surface area contributed by atoms with E-state index in [9.17, 15) is 5.11 Å². The summed E-state index contributed by atoms with van der Waals surface area (Å²) in [5.41, 5.74) is 0. The van der Waals surface area contributed by atoms with Crippen LogP contribution < -0.4 is 5.32 Å². The topological polar surface area (TPSA) is 35.5 Å². The highest BCUT2D eigenvalue weighted by Gasteiger charge is 2.19. The van der Waals surface area contributed by atoms with Gasteiger partial charge in [-0.25, -0.2) is 0 Å². The molecule has 0 aliphatic carbocycles. The fraction of sp³-hybridized carbons (Fsp3) is 1.00. The number of hydrogen-bond acceptors (Lipinski definition) is 3. The van der Waals surface area contributed by atoms with Gasteiger partial charge < -0.3 is 15.3 Å². The van der Waals surface area contributed by atoms with Gasteiger partial charge in [0.25, 0.3) is 0 Å². The maximum absolute atomic E-state index is 9.18. The van der Waals surface area contributed by atoms with Gasteiger partial charge in [0.2, 0.25) is 0 Å². The first-order valence-corrected chi connectivity index (χ1v) is 6.21. The van der Waals surface area contributed by atoms with E-state index in [-0.39, 0.29) is 6.10 Å². The van der Waals surface area contributed by atoms with Crippen LogP contribution in [0.4, 0.5) is 0 Å². The van der Waals surface area contributed by atoms with Crippen LogP contribution in [0.15, 0.2) is 0 Å². The highest BCUT2D eigenvalue weighted by atomic mass is 16.3. The van der Waals surface area contributed by atoms with Crippen LogP contribution in [0.3, 0.4) is 0 Å². The largest absolute Gasteiger partial charge is 0.392 e. The van der Waals surface area contributed by atoms with Gasteiger partial charge in [0, 0.05) is 19.1 Å². The molecule has 1 heterocycles. The van der Waals surface area contributed by atoms with Gasteiger partial charge in [0.15, 0.2) is 0 Å². The minimum atomic E-state index is -0.223. The van der Waals surface area contributed by atoms with Crippen LogP contribution in [0.1, 0.15) is 33.6 Å². The predicted molar refractivity (Wildman–Crippen MR) is 64.0 cm³/mol. The minimum absolute atomic E-state index is 0.223. The van der Waals surface area contributed by atoms with E-state index in [4.69, 9.17) is 0 Å². The molecule has 15 heavy (non-hydrogen) atoms. The van der Waals surface area contributed by atoms with Crippen molar-refractivity contribution in [1.82, 2.24) is 10.2 Å². The van der Waals surface area contributed by atoms with Crippen LogP contribution >= 0.6 is 0 Å². The number of nitrogens with zero attached hydrogens (tertiary/aromatic N) is 1. The summed E-state index contributed by atoms with van der Waals surface area (Å²) in [6, 6.07) is 0.614. The smallest absolute Gasteiger partial charge is 0.0636 e. The molecule has 0 bridgehead atoms. The van der Waals surface area contributed by atoms with Crippen LogP contribution in [0.5, 0.6) is 0 Å². The molecule has 0 radical (unpaired) electrons. The van der Waals surface area contributed by atoms with Crippen LogP contribution in [-0.2, 0) is 0 Å². The first-order valence-electron chi connectivity index (χ1n) is 6.21. The average molecular weight is 214 g/mol. The fourth-order valence-corrected chi connectivity index (χ4v) is 2.17. The van der Waals surface area contributed by atoms with E-state index in [2.05, 4.69) is 24.1 Å². The molecule has 2 N–H and O–H groups in total. The lowest BCUT2D eigenvalue weighted by Crippen LogP contribution is -2.45. The summed E-state index contributed by atoms with van der Waals surface area (Å²) in [7, 11) is 0. The number of likely N-dealkylation sites (tertiary alicyclic amines) is 1. The Morgan fingerprint density at radius 1 is 1.27 bits per heavy atom. The van der Waals surface area contributed by atoms with Gasteiger partial charge in [-0.2, -0.15) is 0 Å². The van der Waals surface area contributed by atoms with E-state index >= 15 is 0 Å². The second kappa shape index (κ2) is 6.46. The molecule has 1 fully saturated rings. The van der Waals surface area contributed by atoms with Crippen molar-refractivity contribution < 1.29 is 5.11 Å². The van der Waals surface area contributed by atoms with Crippen molar-refractivity contribution in [3.8, 4) is 0 Å². The zero-order valence-electron chi connectivity index (χ0n) is 10.4. The van der Waals surface area contributed by atoms with Gasteiger partial charge in [-0.05, 0) is 38.8 Å². The van der Waals surface area contributed by atoms with E-state index in [1.807, 2.05) is 6.92 Å². The second-order valence-corrected chi connectivity index (χ2v) is 5.23. The lowest BCUT2D eigenvalue weighted by molar-refractivity contribution is 0.155. The van der Waals surface area contributed by atoms with Crippen molar-refractivity contribution in [3.63, 3.8) is 0 Å². The average Bonchev–Trinajstić information content (AvgIpc) is 2.16. The number of nitrogens with one attached hydrogen (secondary N) is 1. The Balaban J connectivity index is 2.12. The Hall–Kier alpha value is -0.120. The van der Waals surface area contributed by atoms with Gasteiger partial charge in [-0.3, -0.25) is 0 Å². The molecular weight excluding hydrogens is 188 g/mol. The van der Waals surface area contributed by atoms with E-state index in [0.717, 1.165) is 12.5 Å². The lowest BCUT2D eigenvalue weighted by atomic mass is 10.0. The molecule has 0 spiro atoms. The molecule has 0 aromatic rings. The van der Waals surface area contributed by atoms with Crippen LogP contribution in [-0.4, -0.2) is 48.3 Å². The quantitative estimate of drug-likeness (QED) is 0.719. The second-order valence-electron chi connectivity index (χ2n) is 5.23. The van der Waals surface area contributed by atoms with E-state index in [1.54, 1.807) is 0 Å². The maximum Gasteiger partial charge on any atom is 0.0636 e. The standard InChI is InChI=1S/C12H26N2O/c1-10(2)9-14-6-4-12(5-7-14)13-8-11(3)15/h10-13,15H,4-9H2,1-3H3. The molecule has 1 aliphatic rings. The number of rotatable bonds is 5. The third-order valence-corrected chi connectivity index (χ3v) is 2.91. The molecule has 0 saturated carbocycles. The summed E-state index contributed by atoms with van der Waals surface area (Å²) in [6.45, 7) is 10.7. The Morgan fingerprint density at radius 3 is 2.33 bits per heavy atom. The molecule has 0 aromatic carbocycles. The minimum Gasteiger partial charge on any atom is -0.392 e. The molecular formula is C12H26N2O. The molecule has 1 atom stereocenters. The molecule has 3 heteroatoms. The zero-order chi connectivity index (χ0) is 11.3. The Labute approximate surface area is 93.9 Å². The molecule has 1 aliphatic heterocycles. The summed E-state index contributed by atoms with van der Waals surface area (Å²) >= 11 is 0. The monoisotopic (exact) mass is 214 g/mol. The van der Waals surface area contributed by atoms with Crippen molar-refractivity contribution in [1.29, 1.82) is 0 Å². The van der Waals surface area contributed by atoms with Gasteiger partial charge in [-0.1, -0.05) is 13.8 Å². The van der Waals surface area contributed by atoms with Crippen molar-refractivity contribution in [2.75, 3.05) is 26.2 Å². The Morgan fingerprint density at radius 2 is 1.87 bits per heavy atom. The number of hydrogen-bond donors (Lipinski definition) is 2. The first kappa shape index (κ1) is 12.9. The highest BCUT2D eigenvalue weighted by molar-refractivity contribution is 4.78. The van der Waals surface area contributed by atoms with Crippen molar-refractivity contribution in [2.24, 2.45) is 5.92 Å². The molecule has 0 amide bonds. The third-order valence-electron chi connectivity index (χ3n) is 2.91. The van der Waals surface area contributed by atoms with E-state index in [0.29, 0.717) is 6.04 Å². The van der Waals surface area contributed by atoms with Crippen molar-refractivity contribution in [3.05, 3.63) is 0 Å². The number of aliphatic hydroxyl groups is 1. The molecule has 0 aromatic heterocycles. The first-order chi connectivity index (χ1) is 7.08. The highest BCUT2D eigenvalue weighted by Crippen LogP contribution is 2.11. The summed E-state index contributed by atoms with van der Waals surface area (Å²) in [4.78, 5) is 2.55. The Kier molecular flexibility index (Phi) is 5.58. The van der Waals surface area contributed by atoms with Crippen molar-refractivity contribution in [2.45, 2.75) is 45.8 Å². The predicted octanol–water partition coefficient (Wildman–Crippen LogP) is 1.08. The van der Waals surface area contributed by atoms with Crippen LogP contribution in [0.25, 0.3) is 0 Å². The number of piperidine rings is 1. The van der Waals surface area contributed by atoms with E-state index < -0.39 is 0 Å². The summed E-state index contributed by atoms with van der Waals surface area (Å²) in [5.74, 6) is 0.770.